The zero-order valence-corrected chi connectivity index (χ0v) is 10.8. The van der Waals surface area contributed by atoms with Crippen molar-refractivity contribution in [3.05, 3.63) is 47.7 Å². The van der Waals surface area contributed by atoms with Crippen LogP contribution in [0.4, 0.5) is 0 Å². The maximum atomic E-state index is 11.4. The van der Waals surface area contributed by atoms with Gasteiger partial charge in [-0.15, -0.1) is 0 Å². The summed E-state index contributed by atoms with van der Waals surface area (Å²) >= 11 is 0. The molecule has 0 aliphatic heterocycles. The molecule has 4 nitrogen and oxygen atoms in total. The van der Waals surface area contributed by atoms with Gasteiger partial charge < -0.3 is 9.15 Å². The minimum atomic E-state index is -0.304. The second-order valence-electron chi connectivity index (χ2n) is 4.19. The lowest BCUT2D eigenvalue weighted by atomic mass is 9.99. The summed E-state index contributed by atoms with van der Waals surface area (Å²) in [5.41, 5.74) is 1.73. The average Bonchev–Trinajstić information content (AvgIpc) is 2.94. The fourth-order valence-electron chi connectivity index (χ4n) is 1.82. The Morgan fingerprint density at radius 3 is 2.42 bits per heavy atom. The van der Waals surface area contributed by atoms with Crippen molar-refractivity contribution >= 4 is 12.3 Å². The predicted molar refractivity (Wildman–Crippen MR) is 70.0 cm³/mol. The van der Waals surface area contributed by atoms with E-state index in [1.807, 2.05) is 24.3 Å². The normalized spacial score (nSPS) is 11.9. The van der Waals surface area contributed by atoms with Crippen LogP contribution in [0, 0.1) is 0 Å². The Balaban J connectivity index is 2.23. The average molecular weight is 258 g/mol. The van der Waals surface area contributed by atoms with Crippen LogP contribution in [0.3, 0.4) is 0 Å². The quantitative estimate of drug-likeness (QED) is 0.624. The van der Waals surface area contributed by atoms with Crippen LogP contribution >= 0.6 is 0 Å². The molecular formula is C15H14O4. The van der Waals surface area contributed by atoms with E-state index in [4.69, 9.17) is 9.15 Å². The molecule has 0 saturated carbocycles. The van der Waals surface area contributed by atoms with E-state index in [0.29, 0.717) is 17.8 Å². The van der Waals surface area contributed by atoms with E-state index >= 15 is 0 Å². The van der Waals surface area contributed by atoms with Gasteiger partial charge in [0.05, 0.1) is 13.0 Å². The summed E-state index contributed by atoms with van der Waals surface area (Å²) < 4.78 is 10.0. The van der Waals surface area contributed by atoms with Gasteiger partial charge >= 0.3 is 5.97 Å². The van der Waals surface area contributed by atoms with Crippen molar-refractivity contribution < 1.29 is 18.7 Å². The smallest absolute Gasteiger partial charge is 0.312 e. The van der Waals surface area contributed by atoms with E-state index in [1.54, 1.807) is 19.1 Å². The van der Waals surface area contributed by atoms with E-state index < -0.39 is 0 Å². The maximum Gasteiger partial charge on any atom is 0.312 e. The summed E-state index contributed by atoms with van der Waals surface area (Å²) in [6, 6.07) is 10.8. The van der Waals surface area contributed by atoms with Gasteiger partial charge in [-0.3, -0.25) is 9.59 Å². The number of hydrogen-bond donors (Lipinski definition) is 0. The highest BCUT2D eigenvalue weighted by atomic mass is 16.5. The Morgan fingerprint density at radius 2 is 1.89 bits per heavy atom. The topological polar surface area (TPSA) is 56.5 Å². The van der Waals surface area contributed by atoms with Gasteiger partial charge in [-0.25, -0.2) is 0 Å². The van der Waals surface area contributed by atoms with Crippen LogP contribution in [0.5, 0.6) is 0 Å². The van der Waals surface area contributed by atoms with Crippen LogP contribution in [0.2, 0.25) is 0 Å². The fraction of sp³-hybridized carbons (Fsp3) is 0.200. The van der Waals surface area contributed by atoms with Crippen LogP contribution < -0.4 is 0 Å². The van der Waals surface area contributed by atoms with Crippen molar-refractivity contribution in [3.63, 3.8) is 0 Å². The Bertz CT molecular complexity index is 580. The molecule has 1 aromatic heterocycles. The lowest BCUT2D eigenvalue weighted by Crippen LogP contribution is -2.10. The van der Waals surface area contributed by atoms with Gasteiger partial charge in [0.1, 0.15) is 5.76 Å². The Labute approximate surface area is 111 Å². The number of benzene rings is 1. The molecule has 98 valence electrons. The Kier molecular flexibility index (Phi) is 3.80. The number of esters is 1. The monoisotopic (exact) mass is 258 g/mol. The molecule has 0 fully saturated rings. The molecule has 0 N–H and O–H groups in total. The molecule has 0 bridgehead atoms. The van der Waals surface area contributed by atoms with Crippen molar-refractivity contribution in [2.45, 2.75) is 12.8 Å². The second kappa shape index (κ2) is 5.52. The highest BCUT2D eigenvalue weighted by Gasteiger charge is 2.15. The van der Waals surface area contributed by atoms with Crippen molar-refractivity contribution in [3.8, 4) is 11.3 Å². The number of rotatable bonds is 4. The van der Waals surface area contributed by atoms with Crippen LogP contribution in [-0.2, 0) is 9.53 Å². The van der Waals surface area contributed by atoms with E-state index in [9.17, 15) is 9.59 Å². The minimum absolute atomic E-state index is 0.269. The van der Waals surface area contributed by atoms with E-state index in [1.165, 1.54) is 7.11 Å². The molecule has 2 aromatic rings. The minimum Gasteiger partial charge on any atom is -0.469 e. The fourth-order valence-corrected chi connectivity index (χ4v) is 1.82. The highest BCUT2D eigenvalue weighted by molar-refractivity contribution is 5.78. The molecule has 1 aromatic carbocycles. The standard InChI is InChI=1S/C15H14O4/c1-10(15(17)18-2)11-3-5-12(6-4-11)14-8-7-13(9-16)19-14/h3-10H,1-2H3. The first-order valence-electron chi connectivity index (χ1n) is 5.89. The lowest BCUT2D eigenvalue weighted by Gasteiger charge is -2.09. The molecule has 2 rings (SSSR count). The number of furan rings is 1. The number of hydrogen-bond acceptors (Lipinski definition) is 4. The third kappa shape index (κ3) is 2.73. The largest absolute Gasteiger partial charge is 0.469 e. The van der Waals surface area contributed by atoms with Gasteiger partial charge in [0, 0.05) is 5.56 Å². The van der Waals surface area contributed by atoms with Crippen molar-refractivity contribution in [2.75, 3.05) is 7.11 Å². The van der Waals surface area contributed by atoms with Crippen LogP contribution in [-0.4, -0.2) is 19.4 Å². The van der Waals surface area contributed by atoms with Crippen LogP contribution in [0.1, 0.15) is 29.0 Å². The second-order valence-corrected chi connectivity index (χ2v) is 4.19. The van der Waals surface area contributed by atoms with E-state index in [-0.39, 0.29) is 11.9 Å². The molecule has 1 unspecified atom stereocenters. The van der Waals surface area contributed by atoms with Crippen LogP contribution in [0.15, 0.2) is 40.8 Å². The summed E-state index contributed by atoms with van der Waals surface area (Å²) in [6.07, 6.45) is 0.664. The number of ether oxygens (including phenoxy) is 1. The number of carbonyl (C=O) groups excluding carboxylic acids is 2. The molecule has 0 aliphatic carbocycles. The predicted octanol–water partition coefficient (Wildman–Crippen LogP) is 3.04. The Morgan fingerprint density at radius 1 is 1.21 bits per heavy atom. The molecule has 19 heavy (non-hydrogen) atoms. The molecule has 0 aliphatic rings. The summed E-state index contributed by atoms with van der Waals surface area (Å²) in [6.45, 7) is 1.79. The third-order valence-corrected chi connectivity index (χ3v) is 2.99. The number of carbonyl (C=O) groups is 2. The molecule has 0 saturated heterocycles. The maximum absolute atomic E-state index is 11.4. The Hall–Kier alpha value is -2.36. The van der Waals surface area contributed by atoms with Gasteiger partial charge in [-0.1, -0.05) is 24.3 Å². The van der Waals surface area contributed by atoms with Gasteiger partial charge in [-0.2, -0.15) is 0 Å². The first kappa shape index (κ1) is 13.1. The highest BCUT2D eigenvalue weighted by Crippen LogP contribution is 2.24. The van der Waals surface area contributed by atoms with Crippen molar-refractivity contribution in [1.29, 1.82) is 0 Å². The lowest BCUT2D eigenvalue weighted by molar-refractivity contribution is -0.141. The van der Waals surface area contributed by atoms with E-state index in [2.05, 4.69) is 0 Å². The zero-order chi connectivity index (χ0) is 13.8. The molecule has 1 atom stereocenters. The first-order chi connectivity index (χ1) is 9.15. The molecule has 4 heteroatoms. The van der Waals surface area contributed by atoms with Gasteiger partial charge in [-0.05, 0) is 24.6 Å². The third-order valence-electron chi connectivity index (χ3n) is 2.99. The molecule has 1 heterocycles. The molecule has 0 amide bonds. The first-order valence-corrected chi connectivity index (χ1v) is 5.89. The summed E-state index contributed by atoms with van der Waals surface area (Å²) in [5.74, 6) is 0.344. The summed E-state index contributed by atoms with van der Waals surface area (Å²) in [7, 11) is 1.37. The van der Waals surface area contributed by atoms with Crippen molar-refractivity contribution in [1.82, 2.24) is 0 Å². The van der Waals surface area contributed by atoms with Gasteiger partial charge in [0.15, 0.2) is 12.0 Å². The van der Waals surface area contributed by atoms with Crippen molar-refractivity contribution in [2.24, 2.45) is 0 Å². The number of methoxy groups -OCH3 is 1. The van der Waals surface area contributed by atoms with Crippen LogP contribution in [0.25, 0.3) is 11.3 Å². The summed E-state index contributed by atoms with van der Waals surface area (Å²) in [4.78, 5) is 22.0. The molecular weight excluding hydrogens is 244 g/mol. The van der Waals surface area contributed by atoms with E-state index in [0.717, 1.165) is 11.1 Å². The van der Waals surface area contributed by atoms with Gasteiger partial charge in [0.25, 0.3) is 0 Å². The molecule has 0 radical (unpaired) electrons. The zero-order valence-electron chi connectivity index (χ0n) is 10.8. The van der Waals surface area contributed by atoms with Gasteiger partial charge in [0.2, 0.25) is 0 Å². The number of aldehydes is 1. The summed E-state index contributed by atoms with van der Waals surface area (Å²) in [5, 5.41) is 0. The molecule has 0 spiro atoms. The SMILES string of the molecule is COC(=O)C(C)c1ccc(-c2ccc(C=O)o2)cc1.